The van der Waals surface area contributed by atoms with Gasteiger partial charge >= 0.3 is 18.0 Å². The van der Waals surface area contributed by atoms with Crippen LogP contribution in [0.2, 0.25) is 15.2 Å². The van der Waals surface area contributed by atoms with Crippen LogP contribution in [0.4, 0.5) is 30.7 Å². The molecule has 0 saturated heterocycles. The number of H-pyrrole nitrogens is 1. The molecule has 2 aromatic heterocycles. The molecular weight excluding hydrogens is 564 g/mol. The molecule has 2 heterocycles. The monoisotopic (exact) mass is 576 g/mol. The zero-order valence-electron chi connectivity index (χ0n) is 17.7. The van der Waals surface area contributed by atoms with Gasteiger partial charge in [0.15, 0.2) is 0 Å². The molecule has 0 spiro atoms. The summed E-state index contributed by atoms with van der Waals surface area (Å²) in [6.45, 7) is 0. The summed E-state index contributed by atoms with van der Waals surface area (Å²) in [7, 11) is 0. The van der Waals surface area contributed by atoms with Gasteiger partial charge < -0.3 is 10.3 Å². The van der Waals surface area contributed by atoms with E-state index in [-0.39, 0.29) is 47.0 Å². The number of hydrogen-bond acceptors (Lipinski definition) is 2. The Kier molecular flexibility index (Phi) is 6.76. The average molecular weight is 578 g/mol. The van der Waals surface area contributed by atoms with Crippen LogP contribution in [0.5, 0.6) is 0 Å². The highest BCUT2D eigenvalue weighted by Gasteiger charge is 2.73. The van der Waals surface area contributed by atoms with Gasteiger partial charge in [-0.1, -0.05) is 34.8 Å². The van der Waals surface area contributed by atoms with Gasteiger partial charge in [-0.2, -0.15) is 31.4 Å². The van der Waals surface area contributed by atoms with Gasteiger partial charge in [-0.25, -0.2) is 9.07 Å². The van der Waals surface area contributed by atoms with Crippen molar-refractivity contribution in [2.45, 2.75) is 43.3 Å². The van der Waals surface area contributed by atoms with Crippen molar-refractivity contribution >= 4 is 40.7 Å². The molecule has 1 amide bonds. The second kappa shape index (κ2) is 9.14. The third kappa shape index (κ3) is 4.90. The number of rotatable bonds is 6. The SMILES string of the molecule is O=C(NC1CC1)c1cc(Cc2cnn(-c3c(Cl)cc(C(F)(C(F)(F)F)C(F)(F)F)cc3Cl)c2)c(Cl)[nH]1. The fraction of sp³-hybridized carbons (Fsp3) is 0.333. The molecule has 4 rings (SSSR count). The van der Waals surface area contributed by atoms with E-state index in [1.54, 1.807) is 6.07 Å². The number of carbonyl (C=O) groups excluding carboxylic acids is 1. The predicted octanol–water partition coefficient (Wildman–Crippen LogP) is 6.93. The van der Waals surface area contributed by atoms with Gasteiger partial charge in [-0.15, -0.1) is 0 Å². The lowest BCUT2D eigenvalue weighted by molar-refractivity contribution is -0.348. The van der Waals surface area contributed by atoms with Crippen molar-refractivity contribution in [2.24, 2.45) is 0 Å². The molecule has 0 aliphatic heterocycles. The summed E-state index contributed by atoms with van der Waals surface area (Å²) in [4.78, 5) is 14.9. The van der Waals surface area contributed by atoms with E-state index >= 15 is 0 Å². The van der Waals surface area contributed by atoms with Gasteiger partial charge in [0.25, 0.3) is 5.91 Å². The third-order valence-corrected chi connectivity index (χ3v) is 6.37. The Balaban J connectivity index is 1.61. The smallest absolute Gasteiger partial charge is 0.348 e. The Morgan fingerprint density at radius 3 is 2.14 bits per heavy atom. The van der Waals surface area contributed by atoms with Gasteiger partial charge in [-0.3, -0.25) is 4.79 Å². The van der Waals surface area contributed by atoms with Gasteiger partial charge in [0.1, 0.15) is 16.5 Å². The molecule has 1 fully saturated rings. The molecule has 0 bridgehead atoms. The predicted molar refractivity (Wildman–Crippen MR) is 118 cm³/mol. The molecule has 2 N–H and O–H groups in total. The van der Waals surface area contributed by atoms with Crippen LogP contribution in [0.15, 0.2) is 30.6 Å². The normalized spacial score (nSPS) is 14.8. The third-order valence-electron chi connectivity index (χ3n) is 5.46. The molecule has 1 aliphatic carbocycles. The summed E-state index contributed by atoms with van der Waals surface area (Å²) >= 11 is 18.1. The summed E-state index contributed by atoms with van der Waals surface area (Å²) in [5.41, 5.74) is -6.49. The molecular formula is C21H14Cl3F7N4O. The average Bonchev–Trinajstić information content (AvgIpc) is 3.32. The molecule has 36 heavy (non-hydrogen) atoms. The van der Waals surface area contributed by atoms with E-state index in [0.29, 0.717) is 11.1 Å². The first-order chi connectivity index (χ1) is 16.6. The maximum absolute atomic E-state index is 14.4. The lowest BCUT2D eigenvalue weighted by atomic mass is 9.94. The van der Waals surface area contributed by atoms with Gasteiger partial charge in [0, 0.05) is 24.2 Å². The van der Waals surface area contributed by atoms with Crippen LogP contribution >= 0.6 is 34.8 Å². The van der Waals surface area contributed by atoms with Crippen molar-refractivity contribution in [3.05, 3.63) is 68.2 Å². The van der Waals surface area contributed by atoms with Crippen LogP contribution in [0.25, 0.3) is 5.69 Å². The van der Waals surface area contributed by atoms with E-state index in [2.05, 4.69) is 15.4 Å². The van der Waals surface area contributed by atoms with Crippen LogP contribution in [-0.4, -0.2) is 39.1 Å². The number of halogens is 10. The number of benzene rings is 1. The lowest BCUT2D eigenvalue weighted by Gasteiger charge is -2.30. The Morgan fingerprint density at radius 2 is 1.61 bits per heavy atom. The Bertz CT molecular complexity index is 1270. The first-order valence-corrected chi connectivity index (χ1v) is 11.3. The Morgan fingerprint density at radius 1 is 1.03 bits per heavy atom. The fourth-order valence-corrected chi connectivity index (χ4v) is 4.36. The summed E-state index contributed by atoms with van der Waals surface area (Å²) in [5.74, 6) is -0.318. The summed E-state index contributed by atoms with van der Waals surface area (Å²) in [5, 5.41) is 5.60. The van der Waals surface area contributed by atoms with Crippen molar-refractivity contribution in [3.63, 3.8) is 0 Å². The van der Waals surface area contributed by atoms with Crippen LogP contribution < -0.4 is 5.32 Å². The molecule has 0 unspecified atom stereocenters. The van der Waals surface area contributed by atoms with E-state index in [1.807, 2.05) is 0 Å². The first kappa shape index (κ1) is 26.6. The highest BCUT2D eigenvalue weighted by molar-refractivity contribution is 6.37. The number of nitrogens with zero attached hydrogens (tertiary/aromatic N) is 2. The van der Waals surface area contributed by atoms with Crippen molar-refractivity contribution in [2.75, 3.05) is 0 Å². The van der Waals surface area contributed by atoms with Crippen molar-refractivity contribution in [1.82, 2.24) is 20.1 Å². The lowest BCUT2D eigenvalue weighted by Crippen LogP contribution is -2.50. The fourth-order valence-electron chi connectivity index (χ4n) is 3.48. The highest BCUT2D eigenvalue weighted by Crippen LogP contribution is 2.54. The standard InChI is InChI=1S/C21H14Cl3F7N4O/c22-13-5-11(19(25,20(26,27)28)21(29,30)31)6-14(23)16(13)35-8-9(7-32-35)3-10-4-15(34-17(10)24)18(36)33-12-1-2-12/h4-8,12,34H,1-3H2,(H,33,36). The molecule has 1 aliphatic rings. The molecule has 0 atom stereocenters. The Labute approximate surface area is 213 Å². The van der Waals surface area contributed by atoms with Gasteiger partial charge in [0.2, 0.25) is 0 Å². The number of alkyl halides is 7. The molecule has 1 aromatic carbocycles. The highest BCUT2D eigenvalue weighted by atomic mass is 35.5. The molecule has 1 saturated carbocycles. The minimum atomic E-state index is -6.32. The second-order valence-electron chi connectivity index (χ2n) is 8.18. The molecule has 5 nitrogen and oxygen atoms in total. The largest absolute Gasteiger partial charge is 0.435 e. The van der Waals surface area contributed by atoms with Crippen LogP contribution in [0.1, 0.15) is 40.0 Å². The van der Waals surface area contributed by atoms with Crippen LogP contribution in [-0.2, 0) is 12.1 Å². The van der Waals surface area contributed by atoms with E-state index < -0.39 is 33.6 Å². The number of nitrogens with one attached hydrogen (secondary N) is 2. The zero-order valence-corrected chi connectivity index (χ0v) is 19.9. The number of aromatic nitrogens is 3. The van der Waals surface area contributed by atoms with Crippen molar-refractivity contribution in [1.29, 1.82) is 0 Å². The summed E-state index contributed by atoms with van der Waals surface area (Å²) in [6, 6.07) is 2.09. The second-order valence-corrected chi connectivity index (χ2v) is 9.37. The zero-order chi connectivity index (χ0) is 26.6. The summed E-state index contributed by atoms with van der Waals surface area (Å²) < 4.78 is 94.0. The van der Waals surface area contributed by atoms with Crippen molar-refractivity contribution in [3.8, 4) is 5.69 Å². The van der Waals surface area contributed by atoms with Crippen LogP contribution in [0.3, 0.4) is 0 Å². The van der Waals surface area contributed by atoms with E-state index in [4.69, 9.17) is 34.8 Å². The summed E-state index contributed by atoms with van der Waals surface area (Å²) in [6.07, 6.45) is -7.98. The van der Waals surface area contributed by atoms with E-state index in [0.717, 1.165) is 17.5 Å². The maximum Gasteiger partial charge on any atom is 0.435 e. The topological polar surface area (TPSA) is 62.7 Å². The first-order valence-electron chi connectivity index (χ1n) is 10.2. The van der Waals surface area contributed by atoms with Crippen molar-refractivity contribution < 1.29 is 35.5 Å². The number of aromatic amines is 1. The number of hydrogen-bond donors (Lipinski definition) is 2. The van der Waals surface area contributed by atoms with Gasteiger partial charge in [-0.05, 0) is 42.2 Å². The molecule has 194 valence electrons. The van der Waals surface area contributed by atoms with E-state index in [9.17, 15) is 35.5 Å². The van der Waals surface area contributed by atoms with Crippen LogP contribution in [0, 0.1) is 0 Å². The Hall–Kier alpha value is -2.44. The van der Waals surface area contributed by atoms with E-state index in [1.165, 1.54) is 12.4 Å². The number of carbonyl (C=O) groups is 1. The molecule has 0 radical (unpaired) electrons. The maximum atomic E-state index is 14.4. The molecule has 3 aromatic rings. The van der Waals surface area contributed by atoms with Gasteiger partial charge in [0.05, 0.1) is 16.2 Å². The minimum Gasteiger partial charge on any atom is -0.348 e. The molecule has 15 heteroatoms. The number of amides is 1. The minimum absolute atomic E-state index is 0.136. The quantitative estimate of drug-likeness (QED) is 0.312.